The molecule has 8 heteroatoms. The van der Waals surface area contributed by atoms with Crippen molar-refractivity contribution in [2.75, 3.05) is 0 Å². The van der Waals surface area contributed by atoms with Gasteiger partial charge < -0.3 is 0 Å². The van der Waals surface area contributed by atoms with Crippen LogP contribution in [0.5, 0.6) is 0 Å². The summed E-state index contributed by atoms with van der Waals surface area (Å²) in [5, 5.41) is 0. The summed E-state index contributed by atoms with van der Waals surface area (Å²) in [7, 11) is -3.69. The SMILES string of the molecule is CCCCC[n+]1ccn(-c2nc3ccccc3nc2N=S(=O)(O)c2ccc(C)cc2)c1. The number of para-hydroxylation sites is 2. The molecule has 0 fully saturated rings. The Labute approximate surface area is 182 Å². The number of unbranched alkanes of at least 4 members (excludes halogenated alkanes) is 2. The van der Waals surface area contributed by atoms with Gasteiger partial charge in [-0.3, -0.25) is 4.55 Å². The Balaban J connectivity index is 1.82. The monoisotopic (exact) mass is 436 g/mol. The molecule has 1 N–H and O–H groups in total. The van der Waals surface area contributed by atoms with Gasteiger partial charge in [0, 0.05) is 0 Å². The summed E-state index contributed by atoms with van der Waals surface area (Å²) in [5.74, 6) is 0.546. The maximum absolute atomic E-state index is 13.1. The molecule has 160 valence electrons. The molecule has 1 unspecified atom stereocenters. The van der Waals surface area contributed by atoms with E-state index in [1.54, 1.807) is 28.8 Å². The predicted molar refractivity (Wildman–Crippen MR) is 121 cm³/mol. The maximum Gasteiger partial charge on any atom is 0.272 e. The maximum atomic E-state index is 13.1. The van der Waals surface area contributed by atoms with E-state index < -0.39 is 10.0 Å². The molecular weight excluding hydrogens is 410 g/mol. The molecule has 4 aromatic rings. The van der Waals surface area contributed by atoms with Crippen LogP contribution in [0.25, 0.3) is 16.9 Å². The molecule has 0 radical (unpaired) electrons. The Morgan fingerprint density at radius 1 is 1.06 bits per heavy atom. The summed E-state index contributed by atoms with van der Waals surface area (Å²) < 4.78 is 31.8. The number of benzene rings is 2. The lowest BCUT2D eigenvalue weighted by Gasteiger charge is -2.06. The van der Waals surface area contributed by atoms with Crippen LogP contribution >= 0.6 is 0 Å². The molecule has 0 amide bonds. The second-order valence-corrected chi connectivity index (χ2v) is 9.17. The highest BCUT2D eigenvalue weighted by atomic mass is 32.2. The number of imidazole rings is 1. The number of hydrogen-bond acceptors (Lipinski definition) is 4. The fraction of sp³-hybridized carbons (Fsp3) is 0.261. The number of aromatic nitrogens is 4. The molecule has 0 bridgehead atoms. The second-order valence-electron chi connectivity index (χ2n) is 7.53. The number of hydrogen-bond donors (Lipinski definition) is 1. The van der Waals surface area contributed by atoms with Crippen LogP contribution in [0.4, 0.5) is 5.82 Å². The normalized spacial score (nSPS) is 13.3. The van der Waals surface area contributed by atoms with E-state index in [1.807, 2.05) is 49.9 Å². The number of aryl methyl sites for hydroxylation is 2. The van der Waals surface area contributed by atoms with Crippen molar-refractivity contribution >= 4 is 26.9 Å². The van der Waals surface area contributed by atoms with E-state index in [4.69, 9.17) is 4.98 Å². The molecule has 2 aromatic heterocycles. The first-order valence-corrected chi connectivity index (χ1v) is 11.8. The largest absolute Gasteiger partial charge is 0.296 e. The minimum atomic E-state index is -3.69. The third-order valence-electron chi connectivity index (χ3n) is 5.03. The van der Waals surface area contributed by atoms with Crippen LogP contribution < -0.4 is 4.57 Å². The van der Waals surface area contributed by atoms with E-state index in [0.29, 0.717) is 16.9 Å². The second kappa shape index (κ2) is 8.95. The lowest BCUT2D eigenvalue weighted by molar-refractivity contribution is -0.696. The van der Waals surface area contributed by atoms with Gasteiger partial charge in [0.2, 0.25) is 12.1 Å². The van der Waals surface area contributed by atoms with Gasteiger partial charge in [-0.15, -0.1) is 4.36 Å². The predicted octanol–water partition coefficient (Wildman–Crippen LogP) is 4.84. The first-order valence-electron chi connectivity index (χ1n) is 10.4. The molecular formula is C23H26N5O2S+. The third kappa shape index (κ3) is 4.81. The molecule has 1 atom stereocenters. The van der Waals surface area contributed by atoms with Gasteiger partial charge in [-0.1, -0.05) is 43.2 Å². The van der Waals surface area contributed by atoms with Crippen molar-refractivity contribution in [3.63, 3.8) is 0 Å². The van der Waals surface area contributed by atoms with E-state index in [9.17, 15) is 8.76 Å². The van der Waals surface area contributed by atoms with Crippen LogP contribution in [-0.4, -0.2) is 23.3 Å². The highest BCUT2D eigenvalue weighted by Crippen LogP contribution is 2.26. The first kappa shape index (κ1) is 21.1. The smallest absolute Gasteiger partial charge is 0.272 e. The molecule has 0 spiro atoms. The molecule has 0 aliphatic carbocycles. The van der Waals surface area contributed by atoms with Gasteiger partial charge in [0.15, 0.2) is 10.0 Å². The summed E-state index contributed by atoms with van der Waals surface area (Å²) in [6.07, 6.45) is 9.16. The van der Waals surface area contributed by atoms with E-state index in [2.05, 4.69) is 20.8 Å². The highest BCUT2D eigenvalue weighted by Gasteiger charge is 2.19. The Bertz CT molecular complexity index is 1320. The van der Waals surface area contributed by atoms with Crippen molar-refractivity contribution in [2.24, 2.45) is 4.36 Å². The van der Waals surface area contributed by atoms with Crippen LogP contribution in [0.3, 0.4) is 0 Å². The molecule has 2 heterocycles. The van der Waals surface area contributed by atoms with Crippen molar-refractivity contribution in [3.05, 3.63) is 72.8 Å². The van der Waals surface area contributed by atoms with Gasteiger partial charge in [-0.2, -0.15) is 4.57 Å². The van der Waals surface area contributed by atoms with E-state index in [0.717, 1.165) is 31.4 Å². The molecule has 0 saturated carbocycles. The molecule has 7 nitrogen and oxygen atoms in total. The fourth-order valence-corrected chi connectivity index (χ4v) is 4.25. The van der Waals surface area contributed by atoms with Crippen molar-refractivity contribution in [2.45, 2.75) is 44.6 Å². The standard InChI is InChI=1S/C23H25N5O2S/c1-3-4-7-14-27-15-16-28(17-27)23-22(24-20-8-5-6-9-21(20)25-23)26-31(29,30)19-12-10-18(2)11-13-19/h5-6,8-13,15-17H,3-4,7,14H2,1-2H3/p+1. The Kier molecular flexibility index (Phi) is 6.11. The van der Waals surface area contributed by atoms with Crippen LogP contribution in [0.2, 0.25) is 0 Å². The zero-order valence-electron chi connectivity index (χ0n) is 17.7. The highest BCUT2D eigenvalue weighted by molar-refractivity contribution is 7.88. The van der Waals surface area contributed by atoms with E-state index in [1.165, 1.54) is 0 Å². The average Bonchev–Trinajstić information content (AvgIpc) is 3.22. The van der Waals surface area contributed by atoms with Gasteiger partial charge in [-0.05, 0) is 44.0 Å². The minimum absolute atomic E-state index is 0.128. The van der Waals surface area contributed by atoms with Crippen molar-refractivity contribution < 1.29 is 13.3 Å². The minimum Gasteiger partial charge on any atom is -0.296 e. The van der Waals surface area contributed by atoms with Gasteiger partial charge in [0.1, 0.15) is 12.4 Å². The van der Waals surface area contributed by atoms with Crippen LogP contribution in [0, 0.1) is 6.92 Å². The van der Waals surface area contributed by atoms with Crippen LogP contribution in [-0.2, 0) is 16.6 Å². The summed E-state index contributed by atoms with van der Waals surface area (Å²) in [6.45, 7) is 5.00. The summed E-state index contributed by atoms with van der Waals surface area (Å²) in [4.78, 5) is 9.51. The zero-order chi connectivity index (χ0) is 21.8. The van der Waals surface area contributed by atoms with Crippen molar-refractivity contribution in [1.29, 1.82) is 0 Å². The topological polar surface area (TPSA) is 84.3 Å². The van der Waals surface area contributed by atoms with Crippen LogP contribution in [0.1, 0.15) is 31.7 Å². The van der Waals surface area contributed by atoms with Gasteiger partial charge >= 0.3 is 0 Å². The quantitative estimate of drug-likeness (QED) is 0.332. The molecule has 0 saturated heterocycles. The molecule has 0 aliphatic rings. The molecule has 31 heavy (non-hydrogen) atoms. The molecule has 4 rings (SSSR count). The average molecular weight is 437 g/mol. The lowest BCUT2D eigenvalue weighted by Crippen LogP contribution is -2.30. The van der Waals surface area contributed by atoms with Crippen LogP contribution in [0.15, 0.2) is 76.5 Å². The first-order chi connectivity index (χ1) is 15.0. The molecule has 0 aliphatic heterocycles. The van der Waals surface area contributed by atoms with Gasteiger partial charge in [0.25, 0.3) is 5.82 Å². The summed E-state index contributed by atoms with van der Waals surface area (Å²) in [5.41, 5.74) is 2.32. The third-order valence-corrected chi connectivity index (χ3v) is 6.34. The summed E-state index contributed by atoms with van der Waals surface area (Å²) in [6, 6.07) is 14.2. The van der Waals surface area contributed by atoms with Crippen molar-refractivity contribution in [1.82, 2.24) is 14.5 Å². The Hall–Kier alpha value is -3.10. The van der Waals surface area contributed by atoms with Crippen molar-refractivity contribution in [3.8, 4) is 5.82 Å². The van der Waals surface area contributed by atoms with E-state index >= 15 is 0 Å². The lowest BCUT2D eigenvalue weighted by atomic mass is 10.2. The molecule has 2 aromatic carbocycles. The number of fused-ring (bicyclic) bond motifs is 1. The van der Waals surface area contributed by atoms with E-state index in [-0.39, 0.29) is 10.7 Å². The summed E-state index contributed by atoms with van der Waals surface area (Å²) >= 11 is 0. The number of nitrogens with zero attached hydrogens (tertiary/aromatic N) is 5. The Morgan fingerprint density at radius 3 is 2.48 bits per heavy atom. The van der Waals surface area contributed by atoms with Gasteiger partial charge in [-0.25, -0.2) is 18.7 Å². The number of rotatable bonds is 7. The fourth-order valence-electron chi connectivity index (χ4n) is 3.30. The van der Waals surface area contributed by atoms with Gasteiger partial charge in [0.05, 0.1) is 22.5 Å². The Morgan fingerprint density at radius 2 is 1.77 bits per heavy atom. The zero-order valence-corrected chi connectivity index (χ0v) is 18.5.